The number of hydrogen-bond donors (Lipinski definition) is 1. The van der Waals surface area contributed by atoms with E-state index in [2.05, 4.69) is 43.1 Å². The summed E-state index contributed by atoms with van der Waals surface area (Å²) in [5.41, 5.74) is 8.02. The van der Waals surface area contributed by atoms with E-state index in [1.54, 1.807) is 11.3 Å². The van der Waals surface area contributed by atoms with E-state index in [1.165, 1.54) is 0 Å². The minimum absolute atomic E-state index is 0.531. The zero-order valence-corrected chi connectivity index (χ0v) is 13.2. The molecule has 0 amide bonds. The Labute approximate surface area is 124 Å². The molecule has 1 aromatic heterocycles. The van der Waals surface area contributed by atoms with Crippen LogP contribution in [0.25, 0.3) is 11.3 Å². The third-order valence-corrected chi connectivity index (χ3v) is 4.32. The number of aromatic nitrogens is 1. The summed E-state index contributed by atoms with van der Waals surface area (Å²) in [5.74, 6) is 0. The van der Waals surface area contributed by atoms with Crippen molar-refractivity contribution in [2.24, 2.45) is 5.73 Å². The monoisotopic (exact) mass is 290 g/mol. The quantitative estimate of drug-likeness (QED) is 0.886. The number of nitrogens with two attached hydrogens (primary N) is 1. The molecular weight excluding hydrogens is 268 g/mol. The number of benzene rings is 1. The van der Waals surface area contributed by atoms with Crippen molar-refractivity contribution in [1.82, 2.24) is 9.88 Å². The molecule has 20 heavy (non-hydrogen) atoms. The van der Waals surface area contributed by atoms with Gasteiger partial charge >= 0.3 is 0 Å². The first-order chi connectivity index (χ1) is 9.61. The van der Waals surface area contributed by atoms with Crippen LogP contribution < -0.4 is 10.6 Å². The lowest BCUT2D eigenvalue weighted by Gasteiger charge is -2.18. The van der Waals surface area contributed by atoms with E-state index in [-0.39, 0.29) is 0 Å². The summed E-state index contributed by atoms with van der Waals surface area (Å²) >= 11 is 1.69. The summed E-state index contributed by atoms with van der Waals surface area (Å²) in [6.45, 7) is 2.50. The van der Waals surface area contributed by atoms with Gasteiger partial charge in [-0.1, -0.05) is 41.7 Å². The molecule has 0 aliphatic rings. The van der Waals surface area contributed by atoms with Gasteiger partial charge in [-0.25, -0.2) is 4.98 Å². The molecule has 1 aromatic carbocycles. The van der Waals surface area contributed by atoms with Gasteiger partial charge in [-0.2, -0.15) is 0 Å². The summed E-state index contributed by atoms with van der Waals surface area (Å²) in [5, 5.41) is 1.03. The van der Waals surface area contributed by atoms with Crippen LogP contribution in [0.2, 0.25) is 0 Å². The Morgan fingerprint density at radius 2 is 1.80 bits per heavy atom. The normalized spacial score (nSPS) is 11.1. The molecule has 0 fully saturated rings. The Morgan fingerprint density at radius 1 is 1.10 bits per heavy atom. The van der Waals surface area contributed by atoms with Gasteiger partial charge in [-0.05, 0) is 14.1 Å². The third kappa shape index (κ3) is 3.56. The lowest BCUT2D eigenvalue weighted by atomic mass is 10.1. The Kier molecular flexibility index (Phi) is 5.11. The minimum atomic E-state index is 0.531. The molecule has 0 radical (unpaired) electrons. The molecular formula is C15H22N4S. The zero-order chi connectivity index (χ0) is 14.5. The molecule has 0 saturated carbocycles. The smallest absolute Gasteiger partial charge is 0.185 e. The highest BCUT2D eigenvalue weighted by atomic mass is 32.1. The Morgan fingerprint density at radius 3 is 2.40 bits per heavy atom. The lowest BCUT2D eigenvalue weighted by Crippen LogP contribution is -2.28. The molecule has 0 unspecified atom stereocenters. The van der Waals surface area contributed by atoms with E-state index >= 15 is 0 Å². The second kappa shape index (κ2) is 6.83. The number of hydrogen-bond acceptors (Lipinski definition) is 5. The first-order valence-electron chi connectivity index (χ1n) is 6.73. The number of anilines is 1. The van der Waals surface area contributed by atoms with Crippen molar-refractivity contribution in [1.29, 1.82) is 0 Å². The maximum atomic E-state index is 5.87. The maximum Gasteiger partial charge on any atom is 0.185 e. The van der Waals surface area contributed by atoms with E-state index in [0.717, 1.165) is 34.4 Å². The van der Waals surface area contributed by atoms with Crippen LogP contribution in [0.5, 0.6) is 0 Å². The Balaban J connectivity index is 2.23. The van der Waals surface area contributed by atoms with Crippen LogP contribution >= 0.6 is 11.3 Å². The van der Waals surface area contributed by atoms with E-state index in [4.69, 9.17) is 10.7 Å². The second-order valence-electron chi connectivity index (χ2n) is 5.06. The van der Waals surface area contributed by atoms with Crippen molar-refractivity contribution in [3.8, 4) is 11.3 Å². The van der Waals surface area contributed by atoms with Crippen molar-refractivity contribution in [2.45, 2.75) is 6.54 Å². The zero-order valence-electron chi connectivity index (χ0n) is 12.3. The van der Waals surface area contributed by atoms with Crippen molar-refractivity contribution < 1.29 is 0 Å². The van der Waals surface area contributed by atoms with Crippen LogP contribution in [0.4, 0.5) is 5.13 Å². The molecule has 2 N–H and O–H groups in total. The molecule has 0 atom stereocenters. The van der Waals surface area contributed by atoms with Crippen LogP contribution in [0.15, 0.2) is 30.3 Å². The molecule has 2 aromatic rings. The van der Waals surface area contributed by atoms with Gasteiger partial charge in [-0.15, -0.1) is 0 Å². The fourth-order valence-corrected chi connectivity index (χ4v) is 2.86. The van der Waals surface area contributed by atoms with Crippen LogP contribution in [-0.4, -0.2) is 44.1 Å². The Bertz CT molecular complexity index is 536. The van der Waals surface area contributed by atoms with E-state index in [9.17, 15) is 0 Å². The third-order valence-electron chi connectivity index (χ3n) is 3.13. The van der Waals surface area contributed by atoms with E-state index in [1.807, 2.05) is 18.2 Å². The van der Waals surface area contributed by atoms with Gasteiger partial charge in [-0.3, -0.25) is 0 Å². The largest absolute Gasteiger partial charge is 0.350 e. The number of likely N-dealkylation sites (N-methyl/N-ethyl adjacent to an activating group) is 2. The van der Waals surface area contributed by atoms with E-state index < -0.39 is 0 Å². The first-order valence-corrected chi connectivity index (χ1v) is 7.54. The summed E-state index contributed by atoms with van der Waals surface area (Å²) in [7, 11) is 6.24. The van der Waals surface area contributed by atoms with Gasteiger partial charge in [0.2, 0.25) is 0 Å². The number of rotatable bonds is 6. The molecule has 4 nitrogen and oxygen atoms in total. The van der Waals surface area contributed by atoms with Crippen LogP contribution in [0.1, 0.15) is 4.88 Å². The molecule has 0 aliphatic heterocycles. The Hall–Kier alpha value is -1.43. The predicted octanol–water partition coefficient (Wildman–Crippen LogP) is 2.27. The van der Waals surface area contributed by atoms with Crippen LogP contribution in [-0.2, 0) is 6.54 Å². The minimum Gasteiger partial charge on any atom is -0.350 e. The first kappa shape index (κ1) is 15.0. The summed E-state index contributed by atoms with van der Waals surface area (Å²) < 4.78 is 0. The van der Waals surface area contributed by atoms with Crippen molar-refractivity contribution in [2.75, 3.05) is 39.1 Å². The topological polar surface area (TPSA) is 45.4 Å². The molecule has 108 valence electrons. The predicted molar refractivity (Wildman–Crippen MR) is 87.3 cm³/mol. The number of thiazole rings is 1. The highest BCUT2D eigenvalue weighted by Gasteiger charge is 2.14. The van der Waals surface area contributed by atoms with Gasteiger partial charge < -0.3 is 15.5 Å². The standard InChI is InChI=1S/C15H22N4S/c1-18(2)9-10-19(3)15-17-14(13(11-16)20-15)12-7-5-4-6-8-12/h4-8H,9-11,16H2,1-3H3. The molecule has 0 spiro atoms. The molecule has 0 aliphatic carbocycles. The number of nitrogens with zero attached hydrogens (tertiary/aromatic N) is 3. The van der Waals surface area contributed by atoms with Crippen molar-refractivity contribution >= 4 is 16.5 Å². The van der Waals surface area contributed by atoms with Gasteiger partial charge in [0.15, 0.2) is 5.13 Å². The van der Waals surface area contributed by atoms with Crippen LogP contribution in [0.3, 0.4) is 0 Å². The fourth-order valence-electron chi connectivity index (χ4n) is 1.91. The van der Waals surface area contributed by atoms with Gasteiger partial charge in [0.25, 0.3) is 0 Å². The highest BCUT2D eigenvalue weighted by Crippen LogP contribution is 2.32. The lowest BCUT2D eigenvalue weighted by molar-refractivity contribution is 0.416. The molecule has 0 bridgehead atoms. The average molecular weight is 290 g/mol. The molecule has 2 rings (SSSR count). The summed E-state index contributed by atoms with van der Waals surface area (Å²) in [4.78, 5) is 10.3. The van der Waals surface area contributed by atoms with Gasteiger partial charge in [0.05, 0.1) is 5.69 Å². The highest BCUT2D eigenvalue weighted by molar-refractivity contribution is 7.16. The maximum absolute atomic E-state index is 5.87. The molecule has 1 heterocycles. The molecule has 0 saturated heterocycles. The fraction of sp³-hybridized carbons (Fsp3) is 0.400. The van der Waals surface area contributed by atoms with E-state index in [0.29, 0.717) is 6.54 Å². The second-order valence-corrected chi connectivity index (χ2v) is 6.13. The summed E-state index contributed by atoms with van der Waals surface area (Å²) in [6.07, 6.45) is 0. The van der Waals surface area contributed by atoms with Gasteiger partial charge in [0.1, 0.15) is 0 Å². The SMILES string of the molecule is CN(C)CCN(C)c1nc(-c2ccccc2)c(CN)s1. The average Bonchev–Trinajstić information content (AvgIpc) is 2.90. The van der Waals surface area contributed by atoms with Crippen molar-refractivity contribution in [3.05, 3.63) is 35.2 Å². The van der Waals surface area contributed by atoms with Crippen LogP contribution in [0, 0.1) is 0 Å². The van der Waals surface area contributed by atoms with Gasteiger partial charge in [0, 0.05) is 37.1 Å². The summed E-state index contributed by atoms with van der Waals surface area (Å²) in [6, 6.07) is 10.2. The molecule has 5 heteroatoms. The van der Waals surface area contributed by atoms with Crippen molar-refractivity contribution in [3.63, 3.8) is 0 Å².